The quantitative estimate of drug-likeness (QED) is 0.858. The zero-order valence-electron chi connectivity index (χ0n) is 9.81. The minimum Gasteiger partial charge on any atom is -0.406 e. The Labute approximate surface area is 108 Å². The van der Waals surface area contributed by atoms with Gasteiger partial charge in [-0.05, 0) is 31.2 Å². The predicted molar refractivity (Wildman–Crippen MR) is 60.0 cm³/mol. The van der Waals surface area contributed by atoms with Crippen LogP contribution in [0.4, 0.5) is 13.2 Å². The molecule has 0 amide bonds. The van der Waals surface area contributed by atoms with E-state index in [4.69, 9.17) is 5.11 Å². The maximum absolute atomic E-state index is 11.9. The first-order valence-corrected chi connectivity index (χ1v) is 6.62. The van der Waals surface area contributed by atoms with Crippen LogP contribution in [0.5, 0.6) is 5.75 Å². The number of aliphatic hydroxyl groups excluding tert-OH is 1. The molecule has 0 fully saturated rings. The second-order valence-electron chi connectivity index (χ2n) is 3.72. The minimum absolute atomic E-state index is 0.191. The van der Waals surface area contributed by atoms with Crippen LogP contribution >= 0.6 is 0 Å². The number of benzene rings is 1. The summed E-state index contributed by atoms with van der Waals surface area (Å²) in [6.45, 7) is 1.20. The highest BCUT2D eigenvalue weighted by Gasteiger charge is 2.31. The van der Waals surface area contributed by atoms with Crippen LogP contribution in [0.3, 0.4) is 0 Å². The van der Waals surface area contributed by atoms with Crippen LogP contribution in [0.15, 0.2) is 29.2 Å². The fourth-order valence-corrected chi connectivity index (χ4v) is 2.26. The molecule has 0 bridgehead atoms. The number of hydrogen-bond acceptors (Lipinski definition) is 4. The normalized spacial score (nSPS) is 14.2. The van der Waals surface area contributed by atoms with Crippen LogP contribution in [0.2, 0.25) is 0 Å². The van der Waals surface area contributed by atoms with Crippen LogP contribution in [-0.2, 0) is 10.0 Å². The molecule has 0 aromatic heterocycles. The van der Waals surface area contributed by atoms with Gasteiger partial charge in [0.05, 0.1) is 11.0 Å². The topological polar surface area (TPSA) is 75.6 Å². The van der Waals surface area contributed by atoms with Gasteiger partial charge in [-0.3, -0.25) is 0 Å². The lowest BCUT2D eigenvalue weighted by atomic mass is 10.3. The summed E-state index contributed by atoms with van der Waals surface area (Å²) >= 11 is 0. The number of rotatable bonds is 5. The molecule has 1 unspecified atom stereocenters. The van der Waals surface area contributed by atoms with Gasteiger partial charge in [0.2, 0.25) is 10.0 Å². The number of alkyl halides is 3. The maximum Gasteiger partial charge on any atom is 0.573 e. The van der Waals surface area contributed by atoms with Gasteiger partial charge in [-0.15, -0.1) is 13.2 Å². The highest BCUT2D eigenvalue weighted by molar-refractivity contribution is 7.89. The van der Waals surface area contributed by atoms with Gasteiger partial charge >= 0.3 is 6.36 Å². The summed E-state index contributed by atoms with van der Waals surface area (Å²) < 4.78 is 64.7. The van der Waals surface area contributed by atoms with Crippen molar-refractivity contribution in [1.82, 2.24) is 4.72 Å². The summed E-state index contributed by atoms with van der Waals surface area (Å²) in [7, 11) is -3.86. The molecule has 0 heterocycles. The van der Waals surface area contributed by atoms with Gasteiger partial charge in [0.15, 0.2) is 0 Å². The fraction of sp³-hybridized carbons (Fsp3) is 0.400. The SMILES string of the molecule is CC(O)CNS(=O)(=O)c1ccc(OC(F)(F)F)cc1. The molecule has 5 nitrogen and oxygen atoms in total. The van der Waals surface area contributed by atoms with Crippen LogP contribution in [0, 0.1) is 0 Å². The summed E-state index contributed by atoms with van der Waals surface area (Å²) in [6.07, 6.45) is -5.70. The molecule has 0 aliphatic carbocycles. The van der Waals surface area contributed by atoms with Gasteiger partial charge < -0.3 is 9.84 Å². The van der Waals surface area contributed by atoms with Gasteiger partial charge in [-0.25, -0.2) is 13.1 Å². The van der Waals surface area contributed by atoms with E-state index in [0.29, 0.717) is 0 Å². The van der Waals surface area contributed by atoms with E-state index >= 15 is 0 Å². The van der Waals surface area contributed by atoms with E-state index < -0.39 is 28.2 Å². The lowest BCUT2D eigenvalue weighted by Gasteiger charge is -2.10. The Morgan fingerprint density at radius 2 is 1.84 bits per heavy atom. The number of nitrogens with one attached hydrogen (secondary N) is 1. The predicted octanol–water partition coefficient (Wildman–Crippen LogP) is 1.24. The van der Waals surface area contributed by atoms with Crippen molar-refractivity contribution >= 4 is 10.0 Å². The van der Waals surface area contributed by atoms with Gasteiger partial charge in [-0.1, -0.05) is 0 Å². The number of ether oxygens (including phenoxy) is 1. The molecule has 0 radical (unpaired) electrons. The monoisotopic (exact) mass is 299 g/mol. The Balaban J connectivity index is 2.81. The van der Waals surface area contributed by atoms with E-state index in [1.807, 2.05) is 0 Å². The van der Waals surface area contributed by atoms with Gasteiger partial charge in [0.25, 0.3) is 0 Å². The minimum atomic E-state index is -4.83. The Morgan fingerprint density at radius 1 is 1.32 bits per heavy atom. The smallest absolute Gasteiger partial charge is 0.406 e. The lowest BCUT2D eigenvalue weighted by Crippen LogP contribution is -2.30. The van der Waals surface area contributed by atoms with Crippen LogP contribution in [0.1, 0.15) is 6.92 Å². The Morgan fingerprint density at radius 3 is 2.26 bits per heavy atom. The first-order valence-electron chi connectivity index (χ1n) is 5.14. The molecule has 1 atom stereocenters. The molecular formula is C10H12F3NO4S. The van der Waals surface area contributed by atoms with E-state index in [1.54, 1.807) is 0 Å². The molecule has 0 spiro atoms. The molecule has 1 aromatic rings. The van der Waals surface area contributed by atoms with E-state index in [-0.39, 0.29) is 11.4 Å². The van der Waals surface area contributed by atoms with Crippen molar-refractivity contribution in [3.8, 4) is 5.75 Å². The standard InChI is InChI=1S/C10H12F3NO4S/c1-7(15)6-14-19(16,17)9-4-2-8(3-5-9)18-10(11,12)13/h2-5,7,14-15H,6H2,1H3. The highest BCUT2D eigenvalue weighted by atomic mass is 32.2. The van der Waals surface area contributed by atoms with Crippen molar-refractivity contribution in [2.45, 2.75) is 24.3 Å². The van der Waals surface area contributed by atoms with E-state index in [1.165, 1.54) is 6.92 Å². The zero-order chi connectivity index (χ0) is 14.7. The number of halogens is 3. The summed E-state index contributed by atoms with van der Waals surface area (Å²) in [4.78, 5) is -0.220. The van der Waals surface area contributed by atoms with Crippen molar-refractivity contribution in [3.63, 3.8) is 0 Å². The van der Waals surface area contributed by atoms with Crippen LogP contribution < -0.4 is 9.46 Å². The van der Waals surface area contributed by atoms with Crippen LogP contribution in [-0.4, -0.2) is 32.5 Å². The van der Waals surface area contributed by atoms with Gasteiger partial charge in [0.1, 0.15) is 5.75 Å². The molecular weight excluding hydrogens is 287 g/mol. The maximum atomic E-state index is 11.9. The average molecular weight is 299 g/mol. The molecule has 0 aliphatic heterocycles. The average Bonchev–Trinajstić information content (AvgIpc) is 2.25. The van der Waals surface area contributed by atoms with Crippen LogP contribution in [0.25, 0.3) is 0 Å². The first kappa shape index (κ1) is 15.7. The summed E-state index contributed by atoms with van der Waals surface area (Å²) in [5, 5.41) is 8.96. The zero-order valence-corrected chi connectivity index (χ0v) is 10.6. The Kier molecular flexibility index (Phi) is 4.77. The highest BCUT2D eigenvalue weighted by Crippen LogP contribution is 2.23. The van der Waals surface area contributed by atoms with E-state index in [0.717, 1.165) is 24.3 Å². The third-order valence-corrected chi connectivity index (χ3v) is 3.38. The molecule has 9 heteroatoms. The van der Waals surface area contributed by atoms with E-state index in [9.17, 15) is 21.6 Å². The largest absolute Gasteiger partial charge is 0.573 e. The molecule has 1 rings (SSSR count). The molecule has 19 heavy (non-hydrogen) atoms. The molecule has 1 aromatic carbocycles. The van der Waals surface area contributed by atoms with Crippen molar-refractivity contribution in [1.29, 1.82) is 0 Å². The third-order valence-electron chi connectivity index (χ3n) is 1.94. The summed E-state index contributed by atoms with van der Waals surface area (Å²) in [6, 6.07) is 3.74. The number of sulfonamides is 1. The molecule has 0 aliphatic rings. The fourth-order valence-electron chi connectivity index (χ4n) is 1.13. The first-order chi connectivity index (χ1) is 8.60. The Hall–Kier alpha value is -1.32. The van der Waals surface area contributed by atoms with Gasteiger partial charge in [-0.2, -0.15) is 0 Å². The van der Waals surface area contributed by atoms with Crippen molar-refractivity contribution < 1.29 is 31.4 Å². The van der Waals surface area contributed by atoms with Crippen molar-refractivity contribution in [2.24, 2.45) is 0 Å². The second-order valence-corrected chi connectivity index (χ2v) is 5.49. The number of aliphatic hydroxyl groups is 1. The van der Waals surface area contributed by atoms with Crippen molar-refractivity contribution in [2.75, 3.05) is 6.54 Å². The number of hydrogen-bond donors (Lipinski definition) is 2. The third kappa shape index (κ3) is 5.45. The Bertz CT molecular complexity index is 511. The van der Waals surface area contributed by atoms with E-state index in [2.05, 4.69) is 9.46 Å². The van der Waals surface area contributed by atoms with Gasteiger partial charge in [0, 0.05) is 6.54 Å². The molecule has 0 saturated heterocycles. The second kappa shape index (κ2) is 5.76. The molecule has 2 N–H and O–H groups in total. The molecule has 108 valence electrons. The lowest BCUT2D eigenvalue weighted by molar-refractivity contribution is -0.274. The summed E-state index contributed by atoms with van der Waals surface area (Å²) in [5.41, 5.74) is 0. The summed E-state index contributed by atoms with van der Waals surface area (Å²) in [5.74, 6) is -0.512. The van der Waals surface area contributed by atoms with Crippen molar-refractivity contribution in [3.05, 3.63) is 24.3 Å². The molecule has 0 saturated carbocycles.